The first-order valence-electron chi connectivity index (χ1n) is 6.75. The normalized spacial score (nSPS) is 19.1. The van der Waals surface area contributed by atoms with Crippen molar-refractivity contribution in [3.63, 3.8) is 0 Å². The monoisotopic (exact) mass is 229 g/mol. The number of hydrogen-bond donors (Lipinski definition) is 1. The van der Waals surface area contributed by atoms with E-state index < -0.39 is 0 Å². The summed E-state index contributed by atoms with van der Waals surface area (Å²) in [4.78, 5) is 0. The summed E-state index contributed by atoms with van der Waals surface area (Å²) in [6.45, 7) is 7.50. The molecule has 1 rings (SSSR count). The van der Waals surface area contributed by atoms with Crippen molar-refractivity contribution < 1.29 is 9.47 Å². The van der Waals surface area contributed by atoms with Gasteiger partial charge in [-0.3, -0.25) is 0 Å². The molecule has 16 heavy (non-hydrogen) atoms. The smallest absolute Gasteiger partial charge is 0.0780 e. The zero-order valence-electron chi connectivity index (χ0n) is 10.8. The molecule has 0 aromatic carbocycles. The number of ether oxygens (including phenoxy) is 2. The van der Waals surface area contributed by atoms with Gasteiger partial charge in [-0.15, -0.1) is 0 Å². The van der Waals surface area contributed by atoms with E-state index >= 15 is 0 Å². The summed E-state index contributed by atoms with van der Waals surface area (Å²) in [5.41, 5.74) is 0. The van der Waals surface area contributed by atoms with Gasteiger partial charge in [0.2, 0.25) is 0 Å². The molecule has 0 spiro atoms. The predicted octanol–water partition coefficient (Wildman–Crippen LogP) is 2.35. The third-order valence-electron chi connectivity index (χ3n) is 3.07. The average molecular weight is 229 g/mol. The summed E-state index contributed by atoms with van der Waals surface area (Å²) in [5.74, 6) is 0. The summed E-state index contributed by atoms with van der Waals surface area (Å²) in [6.07, 6.45) is 6.86. The van der Waals surface area contributed by atoms with Crippen LogP contribution in [0.1, 0.15) is 46.0 Å². The maximum atomic E-state index is 5.64. The zero-order chi connectivity index (χ0) is 11.6. The minimum Gasteiger partial charge on any atom is -0.379 e. The van der Waals surface area contributed by atoms with Gasteiger partial charge in [-0.05, 0) is 39.7 Å². The molecule has 1 N–H and O–H groups in total. The van der Waals surface area contributed by atoms with Gasteiger partial charge in [0.05, 0.1) is 12.7 Å². The van der Waals surface area contributed by atoms with Gasteiger partial charge in [0.15, 0.2) is 0 Å². The van der Waals surface area contributed by atoms with E-state index in [1.54, 1.807) is 0 Å². The number of nitrogens with one attached hydrogen (secondary N) is 1. The molecule has 0 aromatic rings. The first kappa shape index (κ1) is 13.9. The molecule has 1 aliphatic rings. The molecule has 1 unspecified atom stereocenters. The molecule has 0 amide bonds. The molecule has 1 aliphatic carbocycles. The maximum absolute atomic E-state index is 5.64. The predicted molar refractivity (Wildman–Crippen MR) is 66.8 cm³/mol. The Balaban J connectivity index is 1.83. The molecule has 96 valence electrons. The lowest BCUT2D eigenvalue weighted by Crippen LogP contribution is -2.28. The molecule has 3 heteroatoms. The van der Waals surface area contributed by atoms with E-state index in [1.165, 1.54) is 25.7 Å². The average Bonchev–Trinajstić information content (AvgIpc) is 2.79. The fraction of sp³-hybridized carbons (Fsp3) is 1.00. The zero-order valence-corrected chi connectivity index (χ0v) is 10.8. The van der Waals surface area contributed by atoms with Crippen LogP contribution in [0.4, 0.5) is 0 Å². The summed E-state index contributed by atoms with van der Waals surface area (Å²) in [5, 5.41) is 3.59. The molecule has 0 radical (unpaired) electrons. The Morgan fingerprint density at radius 2 is 2.06 bits per heavy atom. The highest BCUT2D eigenvalue weighted by molar-refractivity contribution is 4.73. The Hall–Kier alpha value is -0.120. The molecule has 0 heterocycles. The second-order valence-corrected chi connectivity index (χ2v) is 4.63. The van der Waals surface area contributed by atoms with Crippen LogP contribution in [0.5, 0.6) is 0 Å². The van der Waals surface area contributed by atoms with Gasteiger partial charge in [0, 0.05) is 19.3 Å². The topological polar surface area (TPSA) is 30.5 Å². The van der Waals surface area contributed by atoms with Crippen molar-refractivity contribution in [1.29, 1.82) is 0 Å². The third kappa shape index (κ3) is 6.46. The van der Waals surface area contributed by atoms with E-state index in [1.807, 2.05) is 6.92 Å². The third-order valence-corrected chi connectivity index (χ3v) is 3.07. The van der Waals surface area contributed by atoms with Crippen LogP contribution < -0.4 is 5.32 Å². The Bertz CT molecular complexity index is 158. The fourth-order valence-corrected chi connectivity index (χ4v) is 2.12. The lowest BCUT2D eigenvalue weighted by atomic mass is 10.2. The summed E-state index contributed by atoms with van der Waals surface area (Å²) in [7, 11) is 0. The largest absolute Gasteiger partial charge is 0.379 e. The van der Waals surface area contributed by atoms with Gasteiger partial charge >= 0.3 is 0 Å². The Labute approximate surface area is 99.9 Å². The molecule has 0 bridgehead atoms. The summed E-state index contributed by atoms with van der Waals surface area (Å²) < 4.78 is 10.9. The van der Waals surface area contributed by atoms with Gasteiger partial charge in [-0.2, -0.15) is 0 Å². The molecule has 1 saturated carbocycles. The van der Waals surface area contributed by atoms with Crippen molar-refractivity contribution in [2.75, 3.05) is 26.4 Å². The van der Waals surface area contributed by atoms with E-state index in [4.69, 9.17) is 9.47 Å². The van der Waals surface area contributed by atoms with Crippen molar-refractivity contribution >= 4 is 0 Å². The van der Waals surface area contributed by atoms with Crippen molar-refractivity contribution in [1.82, 2.24) is 5.32 Å². The molecule has 0 aliphatic heterocycles. The van der Waals surface area contributed by atoms with Gasteiger partial charge in [-0.25, -0.2) is 0 Å². The van der Waals surface area contributed by atoms with Crippen LogP contribution >= 0.6 is 0 Å². The second kappa shape index (κ2) is 8.97. The van der Waals surface area contributed by atoms with Crippen LogP contribution in [-0.4, -0.2) is 38.5 Å². The highest BCUT2D eigenvalue weighted by Gasteiger charge is 2.13. The molecule has 1 atom stereocenters. The fourth-order valence-electron chi connectivity index (χ4n) is 2.12. The van der Waals surface area contributed by atoms with Crippen molar-refractivity contribution in [2.24, 2.45) is 0 Å². The summed E-state index contributed by atoms with van der Waals surface area (Å²) >= 11 is 0. The van der Waals surface area contributed by atoms with Crippen LogP contribution in [0.3, 0.4) is 0 Å². The second-order valence-electron chi connectivity index (χ2n) is 4.63. The first-order chi connectivity index (χ1) is 7.83. The SMILES string of the molecule is CCOCC(C)OCCCNC1CCCC1. The highest BCUT2D eigenvalue weighted by Crippen LogP contribution is 2.17. The molecular weight excluding hydrogens is 202 g/mol. The summed E-state index contributed by atoms with van der Waals surface area (Å²) in [6, 6.07) is 0.779. The lowest BCUT2D eigenvalue weighted by Gasteiger charge is -2.14. The highest BCUT2D eigenvalue weighted by atomic mass is 16.5. The van der Waals surface area contributed by atoms with Crippen LogP contribution in [-0.2, 0) is 9.47 Å². The van der Waals surface area contributed by atoms with Crippen molar-refractivity contribution in [3.05, 3.63) is 0 Å². The quantitative estimate of drug-likeness (QED) is 0.616. The van der Waals surface area contributed by atoms with Gasteiger partial charge in [0.25, 0.3) is 0 Å². The standard InChI is InChI=1S/C13H27NO2/c1-3-15-11-12(2)16-10-6-9-14-13-7-4-5-8-13/h12-14H,3-11H2,1-2H3. The number of hydrogen-bond acceptors (Lipinski definition) is 3. The lowest BCUT2D eigenvalue weighted by molar-refractivity contribution is -0.00404. The maximum Gasteiger partial charge on any atom is 0.0780 e. The van der Waals surface area contributed by atoms with Crippen molar-refractivity contribution in [2.45, 2.75) is 58.1 Å². The molecular formula is C13H27NO2. The van der Waals surface area contributed by atoms with E-state index in [9.17, 15) is 0 Å². The molecule has 0 saturated heterocycles. The van der Waals surface area contributed by atoms with Crippen LogP contribution in [0.2, 0.25) is 0 Å². The Morgan fingerprint density at radius 3 is 2.75 bits per heavy atom. The van der Waals surface area contributed by atoms with E-state index in [2.05, 4.69) is 12.2 Å². The van der Waals surface area contributed by atoms with E-state index in [0.717, 1.165) is 32.2 Å². The minimum atomic E-state index is 0.228. The van der Waals surface area contributed by atoms with Crippen LogP contribution in [0.15, 0.2) is 0 Å². The van der Waals surface area contributed by atoms with Crippen LogP contribution in [0.25, 0.3) is 0 Å². The molecule has 3 nitrogen and oxygen atoms in total. The number of rotatable bonds is 9. The van der Waals surface area contributed by atoms with Gasteiger partial charge < -0.3 is 14.8 Å². The van der Waals surface area contributed by atoms with Crippen molar-refractivity contribution in [3.8, 4) is 0 Å². The van der Waals surface area contributed by atoms with Gasteiger partial charge in [-0.1, -0.05) is 12.8 Å². The van der Waals surface area contributed by atoms with Crippen LogP contribution in [0, 0.1) is 0 Å². The Kier molecular flexibility index (Phi) is 7.81. The van der Waals surface area contributed by atoms with E-state index in [0.29, 0.717) is 6.61 Å². The van der Waals surface area contributed by atoms with Gasteiger partial charge in [0.1, 0.15) is 0 Å². The Morgan fingerprint density at radius 1 is 1.31 bits per heavy atom. The first-order valence-corrected chi connectivity index (χ1v) is 6.75. The van der Waals surface area contributed by atoms with E-state index in [-0.39, 0.29) is 6.10 Å². The molecule has 0 aromatic heterocycles. The molecule has 1 fully saturated rings. The minimum absolute atomic E-state index is 0.228.